The SMILES string of the molecule is C[C@@H]1CCCCO[C@@H](CN(C)S(=O)(=O)c2ccccc2)[C@@H](C)CN([C@@H](C)CO)C(=O)c2cc(NS(=O)(=O)c3ccc(Cl)cc3)ccc2O1. The predicted octanol–water partition coefficient (Wildman–Crippen LogP) is 5.26. The van der Waals surface area contributed by atoms with Crippen molar-refractivity contribution in [2.75, 3.05) is 38.1 Å². The van der Waals surface area contributed by atoms with Gasteiger partial charge in [0.2, 0.25) is 10.0 Å². The Morgan fingerprint density at radius 3 is 2.35 bits per heavy atom. The fraction of sp³-hybridized carbons (Fsp3) is 0.441. The van der Waals surface area contributed by atoms with Crippen LogP contribution in [-0.2, 0) is 24.8 Å². The third-order valence-corrected chi connectivity index (χ3v) is 11.8. The van der Waals surface area contributed by atoms with Crippen LogP contribution >= 0.6 is 11.6 Å². The lowest BCUT2D eigenvalue weighted by Crippen LogP contribution is -2.48. The Hall–Kier alpha value is -3.20. The van der Waals surface area contributed by atoms with Gasteiger partial charge in [-0.05, 0) is 87.7 Å². The number of aliphatic hydroxyl groups excluding tert-OH is 1. The Balaban J connectivity index is 1.68. The second-order valence-corrected chi connectivity index (χ2v) is 16.3. The van der Waals surface area contributed by atoms with E-state index in [-0.39, 0.29) is 58.5 Å². The Labute approximate surface area is 288 Å². The first-order valence-electron chi connectivity index (χ1n) is 15.9. The first kappa shape index (κ1) is 37.6. The van der Waals surface area contributed by atoms with Crippen LogP contribution in [0.25, 0.3) is 0 Å². The molecule has 1 aliphatic heterocycles. The molecule has 0 bridgehead atoms. The number of anilines is 1. The fourth-order valence-corrected chi connectivity index (χ4v) is 7.78. The van der Waals surface area contributed by atoms with Gasteiger partial charge in [0, 0.05) is 43.4 Å². The Kier molecular flexibility index (Phi) is 12.9. The number of carbonyl (C=O) groups is 1. The number of hydrogen-bond acceptors (Lipinski definition) is 8. The van der Waals surface area contributed by atoms with Crippen molar-refractivity contribution >= 4 is 43.2 Å². The number of likely N-dealkylation sites (N-methyl/N-ethyl adjacent to an activating group) is 1. The molecule has 1 aliphatic rings. The summed E-state index contributed by atoms with van der Waals surface area (Å²) in [5.41, 5.74) is 0.261. The number of hydrogen-bond donors (Lipinski definition) is 2. The maximum atomic E-state index is 14.4. The van der Waals surface area contributed by atoms with E-state index in [0.717, 1.165) is 6.42 Å². The molecule has 4 rings (SSSR count). The van der Waals surface area contributed by atoms with Crippen LogP contribution in [0, 0.1) is 5.92 Å². The number of nitrogens with one attached hydrogen (secondary N) is 1. The molecule has 1 heterocycles. The van der Waals surface area contributed by atoms with E-state index in [4.69, 9.17) is 21.1 Å². The summed E-state index contributed by atoms with van der Waals surface area (Å²) in [6.45, 7) is 5.66. The first-order chi connectivity index (χ1) is 22.7. The smallest absolute Gasteiger partial charge is 0.261 e. The fourth-order valence-electron chi connectivity index (χ4n) is 5.40. The quantitative estimate of drug-likeness (QED) is 0.305. The molecule has 0 aliphatic carbocycles. The Bertz CT molecular complexity index is 1740. The molecule has 0 unspecified atom stereocenters. The van der Waals surface area contributed by atoms with Crippen LogP contribution < -0.4 is 9.46 Å². The third-order valence-electron chi connectivity index (χ3n) is 8.32. The van der Waals surface area contributed by atoms with Crippen LogP contribution in [0.3, 0.4) is 0 Å². The molecular weight excluding hydrogens is 678 g/mol. The van der Waals surface area contributed by atoms with E-state index in [0.29, 0.717) is 24.5 Å². The lowest BCUT2D eigenvalue weighted by Gasteiger charge is -2.35. The summed E-state index contributed by atoms with van der Waals surface area (Å²) in [4.78, 5) is 16.0. The average molecular weight is 722 g/mol. The summed E-state index contributed by atoms with van der Waals surface area (Å²) in [6, 6.07) is 17.7. The number of aliphatic hydroxyl groups is 1. The van der Waals surface area contributed by atoms with Crippen LogP contribution in [0.15, 0.2) is 82.6 Å². The van der Waals surface area contributed by atoms with Crippen LogP contribution in [0.1, 0.15) is 50.4 Å². The maximum Gasteiger partial charge on any atom is 0.261 e. The molecule has 0 saturated heterocycles. The Morgan fingerprint density at radius 2 is 1.69 bits per heavy atom. The molecule has 11 nitrogen and oxygen atoms in total. The largest absolute Gasteiger partial charge is 0.490 e. The van der Waals surface area contributed by atoms with Crippen molar-refractivity contribution in [2.45, 2.75) is 68.1 Å². The number of sulfonamides is 2. The molecule has 48 heavy (non-hydrogen) atoms. The van der Waals surface area contributed by atoms with Gasteiger partial charge in [0.25, 0.3) is 15.9 Å². The van der Waals surface area contributed by atoms with Gasteiger partial charge in [0.05, 0.1) is 40.2 Å². The van der Waals surface area contributed by atoms with E-state index in [1.54, 1.807) is 31.2 Å². The lowest BCUT2D eigenvalue weighted by atomic mass is 10.0. The van der Waals surface area contributed by atoms with Crippen molar-refractivity contribution in [1.29, 1.82) is 0 Å². The van der Waals surface area contributed by atoms with Crippen LogP contribution in [-0.4, -0.2) is 88.7 Å². The van der Waals surface area contributed by atoms with Gasteiger partial charge in [-0.3, -0.25) is 9.52 Å². The van der Waals surface area contributed by atoms with Crippen molar-refractivity contribution in [2.24, 2.45) is 5.92 Å². The summed E-state index contributed by atoms with van der Waals surface area (Å²) in [5, 5.41) is 10.6. The van der Waals surface area contributed by atoms with E-state index < -0.39 is 38.1 Å². The second kappa shape index (κ2) is 16.5. The normalized spacial score (nSPS) is 20.8. The van der Waals surface area contributed by atoms with Gasteiger partial charge >= 0.3 is 0 Å². The highest BCUT2D eigenvalue weighted by Gasteiger charge is 2.32. The van der Waals surface area contributed by atoms with Crippen LogP contribution in [0.4, 0.5) is 5.69 Å². The van der Waals surface area contributed by atoms with Gasteiger partial charge in [0.1, 0.15) is 5.75 Å². The van der Waals surface area contributed by atoms with Gasteiger partial charge in [-0.15, -0.1) is 0 Å². The van der Waals surface area contributed by atoms with Gasteiger partial charge in [-0.25, -0.2) is 16.8 Å². The van der Waals surface area contributed by atoms with Gasteiger partial charge < -0.3 is 19.5 Å². The molecule has 14 heteroatoms. The van der Waals surface area contributed by atoms with Crippen LogP contribution in [0.5, 0.6) is 5.75 Å². The first-order valence-corrected chi connectivity index (χ1v) is 19.2. The molecular formula is C34H44ClN3O8S2. The van der Waals surface area contributed by atoms with E-state index in [1.165, 1.54) is 64.8 Å². The molecule has 4 atom stereocenters. The molecule has 0 saturated carbocycles. The highest BCUT2D eigenvalue weighted by molar-refractivity contribution is 7.92. The zero-order chi connectivity index (χ0) is 35.1. The highest BCUT2D eigenvalue weighted by atomic mass is 35.5. The second-order valence-electron chi connectivity index (χ2n) is 12.2. The van der Waals surface area contributed by atoms with Crippen molar-refractivity contribution in [1.82, 2.24) is 9.21 Å². The van der Waals surface area contributed by atoms with E-state index in [1.807, 2.05) is 13.8 Å². The minimum absolute atomic E-state index is 0.00201. The Morgan fingerprint density at radius 1 is 1.00 bits per heavy atom. The number of halogens is 1. The van der Waals surface area contributed by atoms with Crippen LogP contribution in [0.2, 0.25) is 5.02 Å². The number of nitrogens with zero attached hydrogens (tertiary/aromatic N) is 2. The van der Waals surface area contributed by atoms with Gasteiger partial charge in [-0.1, -0.05) is 36.7 Å². The van der Waals surface area contributed by atoms with Gasteiger partial charge in [0.15, 0.2) is 0 Å². The molecule has 1 amide bonds. The number of benzene rings is 3. The monoisotopic (exact) mass is 721 g/mol. The number of rotatable bonds is 9. The molecule has 3 aromatic carbocycles. The molecule has 0 radical (unpaired) electrons. The molecule has 0 fully saturated rings. The maximum absolute atomic E-state index is 14.4. The number of ether oxygens (including phenoxy) is 2. The van der Waals surface area contributed by atoms with E-state index in [9.17, 15) is 26.7 Å². The zero-order valence-corrected chi connectivity index (χ0v) is 30.0. The summed E-state index contributed by atoms with van der Waals surface area (Å²) < 4.78 is 69.4. The van der Waals surface area contributed by atoms with E-state index in [2.05, 4.69) is 4.72 Å². The average Bonchev–Trinajstić information content (AvgIpc) is 3.06. The summed E-state index contributed by atoms with van der Waals surface area (Å²) in [5.74, 6) is -0.573. The number of carbonyl (C=O) groups excluding carboxylic acids is 1. The zero-order valence-electron chi connectivity index (χ0n) is 27.6. The van der Waals surface area contributed by atoms with Crippen molar-refractivity contribution < 1.29 is 36.2 Å². The molecule has 2 N–H and O–H groups in total. The number of amides is 1. The molecule has 0 aromatic heterocycles. The molecule has 262 valence electrons. The van der Waals surface area contributed by atoms with E-state index >= 15 is 0 Å². The van der Waals surface area contributed by atoms with Crippen molar-refractivity contribution in [3.05, 3.63) is 83.4 Å². The summed E-state index contributed by atoms with van der Waals surface area (Å²) in [6.07, 6.45) is 1.26. The topological polar surface area (TPSA) is 143 Å². The highest BCUT2D eigenvalue weighted by Crippen LogP contribution is 2.30. The minimum Gasteiger partial charge on any atom is -0.490 e. The predicted molar refractivity (Wildman–Crippen MR) is 185 cm³/mol. The standard InChI is InChI=1S/C34H44ClN3O8S2/c1-24-21-38(25(2)23-39)34(40)31-20-28(36-47(41,42)29-16-13-27(35)14-17-29)15-18-32(31)46-26(3)10-8-9-19-45-33(24)22-37(4)48(43,44)30-11-6-5-7-12-30/h5-7,11-18,20,24-26,33,36,39H,8-10,19,21-23H2,1-4H3/t24-,25-,26+,33-/m0/s1. The number of fused-ring (bicyclic) bond motifs is 1. The van der Waals surface area contributed by atoms with Gasteiger partial charge in [-0.2, -0.15) is 4.31 Å². The third kappa shape index (κ3) is 9.48. The van der Waals surface area contributed by atoms with Crippen molar-refractivity contribution in [3.63, 3.8) is 0 Å². The molecule has 3 aromatic rings. The molecule has 0 spiro atoms. The summed E-state index contributed by atoms with van der Waals surface area (Å²) in [7, 11) is -6.31. The minimum atomic E-state index is -4.01. The summed E-state index contributed by atoms with van der Waals surface area (Å²) >= 11 is 5.94. The van der Waals surface area contributed by atoms with Crippen molar-refractivity contribution in [3.8, 4) is 5.75 Å². The lowest BCUT2D eigenvalue weighted by molar-refractivity contribution is -0.00833.